The van der Waals surface area contributed by atoms with E-state index in [1.165, 1.54) is 0 Å². The van der Waals surface area contributed by atoms with Gasteiger partial charge in [-0.3, -0.25) is 0 Å². The minimum Gasteiger partial charge on any atom is -0.462 e. The van der Waals surface area contributed by atoms with Gasteiger partial charge in [0.1, 0.15) is 12.6 Å². The highest BCUT2D eigenvalue weighted by atomic mass is 16.6. The van der Waals surface area contributed by atoms with E-state index in [1.807, 2.05) is 25.1 Å². The summed E-state index contributed by atoms with van der Waals surface area (Å²) >= 11 is 0. The molecule has 4 nitrogen and oxygen atoms in total. The first-order valence-corrected chi connectivity index (χ1v) is 5.30. The average molecular weight is 223 g/mol. The van der Waals surface area contributed by atoms with Crippen molar-refractivity contribution in [1.29, 1.82) is 0 Å². The molecule has 1 rings (SSSR count). The highest BCUT2D eigenvalue weighted by molar-refractivity contribution is 5.77. The van der Waals surface area contributed by atoms with E-state index in [4.69, 9.17) is 15.2 Å². The lowest BCUT2D eigenvalue weighted by atomic mass is 10.1. The van der Waals surface area contributed by atoms with Gasteiger partial charge in [-0.25, -0.2) is 4.79 Å². The molecule has 0 saturated carbocycles. The number of benzene rings is 1. The number of hydrogen-bond donors (Lipinski definition) is 1. The predicted molar refractivity (Wildman–Crippen MR) is 60.8 cm³/mol. The highest BCUT2D eigenvalue weighted by Gasteiger charge is 2.16. The van der Waals surface area contributed by atoms with Crippen LogP contribution in [0.15, 0.2) is 30.3 Å². The molecule has 0 aromatic heterocycles. The van der Waals surface area contributed by atoms with Crippen LogP contribution in [0.25, 0.3) is 0 Å². The van der Waals surface area contributed by atoms with E-state index in [9.17, 15) is 4.79 Å². The molecule has 0 amide bonds. The molecule has 1 unspecified atom stereocenters. The quantitative estimate of drug-likeness (QED) is 0.582. The molecular formula is C12H17NO3. The Balaban J connectivity index is 2.37. The van der Waals surface area contributed by atoms with Crippen LogP contribution in [0.1, 0.15) is 18.5 Å². The lowest BCUT2D eigenvalue weighted by molar-refractivity contribution is -0.146. The maximum atomic E-state index is 11.5. The van der Waals surface area contributed by atoms with Crippen LogP contribution in [0.5, 0.6) is 0 Å². The molecule has 0 saturated heterocycles. The standard InChI is InChI=1S/C12H17NO3/c1-2-15-8-9-16-12(14)11(13)10-6-4-3-5-7-10/h3-7,11H,2,8-9,13H2,1H3. The number of esters is 1. The molecule has 1 atom stereocenters. The lowest BCUT2D eigenvalue weighted by Crippen LogP contribution is -2.25. The van der Waals surface area contributed by atoms with Crippen LogP contribution < -0.4 is 5.73 Å². The molecule has 0 fully saturated rings. The summed E-state index contributed by atoms with van der Waals surface area (Å²) < 4.78 is 10.0. The number of carbonyl (C=O) groups excluding carboxylic acids is 1. The zero-order valence-electron chi connectivity index (χ0n) is 9.39. The van der Waals surface area contributed by atoms with E-state index in [-0.39, 0.29) is 6.61 Å². The summed E-state index contributed by atoms with van der Waals surface area (Å²) in [5, 5.41) is 0. The molecule has 1 aromatic rings. The maximum absolute atomic E-state index is 11.5. The van der Waals surface area contributed by atoms with Gasteiger partial charge in [-0.1, -0.05) is 30.3 Å². The first-order chi connectivity index (χ1) is 7.75. The summed E-state index contributed by atoms with van der Waals surface area (Å²) in [4.78, 5) is 11.5. The van der Waals surface area contributed by atoms with Crippen molar-refractivity contribution < 1.29 is 14.3 Å². The summed E-state index contributed by atoms with van der Waals surface area (Å²) in [5.74, 6) is -0.425. The number of rotatable bonds is 6. The Hall–Kier alpha value is -1.39. The largest absolute Gasteiger partial charge is 0.462 e. The summed E-state index contributed by atoms with van der Waals surface area (Å²) in [6.07, 6.45) is 0. The van der Waals surface area contributed by atoms with Gasteiger partial charge in [0.05, 0.1) is 6.61 Å². The Labute approximate surface area is 95.3 Å². The normalized spacial score (nSPS) is 12.1. The van der Waals surface area contributed by atoms with Crippen LogP contribution in [0.3, 0.4) is 0 Å². The molecule has 0 heterocycles. The summed E-state index contributed by atoms with van der Waals surface area (Å²) in [7, 11) is 0. The van der Waals surface area contributed by atoms with Gasteiger partial charge in [0.15, 0.2) is 0 Å². The lowest BCUT2D eigenvalue weighted by Gasteiger charge is -2.11. The van der Waals surface area contributed by atoms with Gasteiger partial charge in [-0.15, -0.1) is 0 Å². The van der Waals surface area contributed by atoms with E-state index in [2.05, 4.69) is 0 Å². The van der Waals surface area contributed by atoms with Crippen LogP contribution in [0.4, 0.5) is 0 Å². The molecule has 2 N–H and O–H groups in total. The Kier molecular flexibility index (Phi) is 5.53. The van der Waals surface area contributed by atoms with Gasteiger partial charge in [0.25, 0.3) is 0 Å². The second kappa shape index (κ2) is 6.98. The molecule has 1 aromatic carbocycles. The molecule has 0 radical (unpaired) electrons. The second-order valence-corrected chi connectivity index (χ2v) is 3.25. The number of hydrogen-bond acceptors (Lipinski definition) is 4. The number of nitrogens with two attached hydrogens (primary N) is 1. The zero-order chi connectivity index (χ0) is 11.8. The molecule has 88 valence electrons. The van der Waals surface area contributed by atoms with Gasteiger partial charge in [-0.2, -0.15) is 0 Å². The Morgan fingerprint density at radius 2 is 2.00 bits per heavy atom. The monoisotopic (exact) mass is 223 g/mol. The smallest absolute Gasteiger partial charge is 0.327 e. The van der Waals surface area contributed by atoms with E-state index < -0.39 is 12.0 Å². The van der Waals surface area contributed by atoms with Crippen molar-refractivity contribution in [3.05, 3.63) is 35.9 Å². The fourth-order valence-corrected chi connectivity index (χ4v) is 1.23. The minimum absolute atomic E-state index is 0.243. The van der Waals surface area contributed by atoms with E-state index in [1.54, 1.807) is 12.1 Å². The van der Waals surface area contributed by atoms with Crippen LogP contribution in [0, 0.1) is 0 Å². The van der Waals surface area contributed by atoms with Crippen molar-refractivity contribution in [2.75, 3.05) is 19.8 Å². The maximum Gasteiger partial charge on any atom is 0.327 e. The van der Waals surface area contributed by atoms with Gasteiger partial charge in [0.2, 0.25) is 0 Å². The Morgan fingerprint density at radius 1 is 1.31 bits per heavy atom. The second-order valence-electron chi connectivity index (χ2n) is 3.25. The number of carbonyl (C=O) groups is 1. The van der Waals surface area contributed by atoms with Crippen molar-refractivity contribution in [3.63, 3.8) is 0 Å². The van der Waals surface area contributed by atoms with Crippen molar-refractivity contribution >= 4 is 5.97 Å². The molecule has 0 aliphatic rings. The first kappa shape index (κ1) is 12.7. The van der Waals surface area contributed by atoms with Crippen molar-refractivity contribution in [3.8, 4) is 0 Å². The van der Waals surface area contributed by atoms with Crippen LogP contribution in [-0.4, -0.2) is 25.8 Å². The third-order valence-electron chi connectivity index (χ3n) is 2.09. The third-order valence-corrected chi connectivity index (χ3v) is 2.09. The molecule has 0 aliphatic heterocycles. The third kappa shape index (κ3) is 4.00. The molecular weight excluding hydrogens is 206 g/mol. The molecule has 0 bridgehead atoms. The van der Waals surface area contributed by atoms with Crippen LogP contribution in [-0.2, 0) is 14.3 Å². The van der Waals surface area contributed by atoms with Gasteiger partial charge in [0, 0.05) is 6.61 Å². The van der Waals surface area contributed by atoms with Crippen LogP contribution >= 0.6 is 0 Å². The van der Waals surface area contributed by atoms with Crippen molar-refractivity contribution in [2.45, 2.75) is 13.0 Å². The molecule has 16 heavy (non-hydrogen) atoms. The Morgan fingerprint density at radius 3 is 2.62 bits per heavy atom. The molecule has 0 spiro atoms. The topological polar surface area (TPSA) is 61.5 Å². The molecule has 4 heteroatoms. The fraction of sp³-hybridized carbons (Fsp3) is 0.417. The zero-order valence-corrected chi connectivity index (χ0v) is 9.39. The van der Waals surface area contributed by atoms with Gasteiger partial charge in [-0.05, 0) is 12.5 Å². The fourth-order valence-electron chi connectivity index (χ4n) is 1.23. The van der Waals surface area contributed by atoms with Gasteiger partial charge >= 0.3 is 5.97 Å². The average Bonchev–Trinajstić information content (AvgIpc) is 2.34. The van der Waals surface area contributed by atoms with Crippen molar-refractivity contribution in [1.82, 2.24) is 0 Å². The van der Waals surface area contributed by atoms with E-state index in [0.29, 0.717) is 13.2 Å². The Bertz CT molecular complexity index is 313. The SMILES string of the molecule is CCOCCOC(=O)C(N)c1ccccc1. The van der Waals surface area contributed by atoms with Crippen molar-refractivity contribution in [2.24, 2.45) is 5.73 Å². The van der Waals surface area contributed by atoms with Gasteiger partial charge < -0.3 is 15.2 Å². The summed E-state index contributed by atoms with van der Waals surface area (Å²) in [6, 6.07) is 8.42. The number of ether oxygens (including phenoxy) is 2. The van der Waals surface area contributed by atoms with E-state index >= 15 is 0 Å². The summed E-state index contributed by atoms with van der Waals surface area (Å²) in [6.45, 7) is 3.15. The summed E-state index contributed by atoms with van der Waals surface area (Å²) in [5.41, 5.74) is 6.49. The molecule has 0 aliphatic carbocycles. The highest BCUT2D eigenvalue weighted by Crippen LogP contribution is 2.10. The predicted octanol–water partition coefficient (Wildman–Crippen LogP) is 1.27. The van der Waals surface area contributed by atoms with Crippen LogP contribution in [0.2, 0.25) is 0 Å². The minimum atomic E-state index is -0.720. The first-order valence-electron chi connectivity index (χ1n) is 5.30. The van der Waals surface area contributed by atoms with E-state index in [0.717, 1.165) is 5.56 Å².